The van der Waals surface area contributed by atoms with Gasteiger partial charge >= 0.3 is 5.63 Å². The molecule has 0 spiro atoms. The molecule has 2 atom stereocenters. The topological polar surface area (TPSA) is 55.5 Å². The van der Waals surface area contributed by atoms with E-state index in [0.717, 1.165) is 60.4 Å². The van der Waals surface area contributed by atoms with E-state index in [1.165, 1.54) is 0 Å². The smallest absolute Gasteiger partial charge is 0.336 e. The second-order valence-corrected chi connectivity index (χ2v) is 8.37. The van der Waals surface area contributed by atoms with Gasteiger partial charge in [0.1, 0.15) is 5.58 Å². The number of benzene rings is 1. The molecule has 0 aliphatic carbocycles. The van der Waals surface area contributed by atoms with Gasteiger partial charge in [-0.25, -0.2) is 4.79 Å². The van der Waals surface area contributed by atoms with Crippen molar-refractivity contribution in [2.75, 3.05) is 13.1 Å². The second-order valence-electron chi connectivity index (χ2n) is 8.37. The van der Waals surface area contributed by atoms with Gasteiger partial charge in [0.05, 0.1) is 0 Å². The van der Waals surface area contributed by atoms with Crippen LogP contribution in [0.2, 0.25) is 0 Å². The van der Waals surface area contributed by atoms with Gasteiger partial charge in [-0.1, -0.05) is 18.2 Å². The van der Waals surface area contributed by atoms with E-state index in [4.69, 9.17) is 4.42 Å². The van der Waals surface area contributed by atoms with E-state index in [9.17, 15) is 9.59 Å². The minimum Gasteiger partial charge on any atom is -0.422 e. The van der Waals surface area contributed by atoms with Crippen LogP contribution in [-0.4, -0.2) is 22.6 Å². The molecule has 0 radical (unpaired) electrons. The second kappa shape index (κ2) is 6.45. The molecule has 1 fully saturated rings. The maximum Gasteiger partial charge on any atom is 0.336 e. The summed E-state index contributed by atoms with van der Waals surface area (Å²) in [5.41, 5.74) is 4.86. The lowest BCUT2D eigenvalue weighted by atomic mass is 9.83. The molecule has 5 heteroatoms. The summed E-state index contributed by atoms with van der Waals surface area (Å²) in [5.74, 6) is 0.846. The molecular formula is C23H24N2O3. The summed E-state index contributed by atoms with van der Waals surface area (Å²) in [6.07, 6.45) is 1.13. The Hall–Kier alpha value is -2.66. The molecule has 0 unspecified atom stereocenters. The lowest BCUT2D eigenvalue weighted by Crippen LogP contribution is -2.46. The number of rotatable bonds is 2. The van der Waals surface area contributed by atoms with Crippen molar-refractivity contribution in [3.05, 3.63) is 79.6 Å². The maximum atomic E-state index is 12.2. The molecule has 2 bridgehead atoms. The number of hydrogen-bond donors (Lipinski definition) is 0. The highest BCUT2D eigenvalue weighted by Crippen LogP contribution is 2.36. The van der Waals surface area contributed by atoms with Crippen LogP contribution >= 0.6 is 0 Å². The van der Waals surface area contributed by atoms with E-state index in [-0.39, 0.29) is 11.2 Å². The van der Waals surface area contributed by atoms with Crippen molar-refractivity contribution >= 4 is 11.0 Å². The van der Waals surface area contributed by atoms with Crippen LogP contribution in [0.3, 0.4) is 0 Å². The van der Waals surface area contributed by atoms with Crippen LogP contribution in [-0.2, 0) is 13.1 Å². The number of likely N-dealkylation sites (tertiary alicyclic amines) is 1. The van der Waals surface area contributed by atoms with Crippen molar-refractivity contribution in [3.63, 3.8) is 0 Å². The zero-order valence-electron chi connectivity index (χ0n) is 16.3. The van der Waals surface area contributed by atoms with Gasteiger partial charge in [-0.2, -0.15) is 0 Å². The Bertz CT molecular complexity index is 1190. The summed E-state index contributed by atoms with van der Waals surface area (Å²) < 4.78 is 7.48. The molecule has 4 heterocycles. The van der Waals surface area contributed by atoms with Gasteiger partial charge in [0, 0.05) is 55.3 Å². The number of piperidine rings is 1. The van der Waals surface area contributed by atoms with E-state index >= 15 is 0 Å². The van der Waals surface area contributed by atoms with E-state index in [1.54, 1.807) is 12.1 Å². The Labute approximate surface area is 163 Å². The highest BCUT2D eigenvalue weighted by atomic mass is 16.4. The fraction of sp³-hybridized carbons (Fsp3) is 0.391. The van der Waals surface area contributed by atoms with E-state index in [0.29, 0.717) is 17.4 Å². The van der Waals surface area contributed by atoms with Crippen molar-refractivity contribution in [1.29, 1.82) is 0 Å². The highest BCUT2D eigenvalue weighted by molar-refractivity contribution is 5.83. The molecule has 0 N–H and O–H groups in total. The molecule has 144 valence electrons. The molecule has 2 aliphatic heterocycles. The first-order valence-electron chi connectivity index (χ1n) is 9.94. The van der Waals surface area contributed by atoms with Crippen molar-refractivity contribution in [3.8, 4) is 0 Å². The number of nitrogens with zero attached hydrogens (tertiary/aromatic N) is 2. The summed E-state index contributed by atoms with van der Waals surface area (Å²) in [5, 5.41) is 1.02. The van der Waals surface area contributed by atoms with Crippen LogP contribution in [0.4, 0.5) is 0 Å². The largest absolute Gasteiger partial charge is 0.422 e. The lowest BCUT2D eigenvalue weighted by molar-refractivity contribution is 0.114. The van der Waals surface area contributed by atoms with Crippen LogP contribution in [0, 0.1) is 19.8 Å². The number of aromatic nitrogens is 1. The Morgan fingerprint density at radius 2 is 1.93 bits per heavy atom. The molecule has 2 aliphatic rings. The molecule has 28 heavy (non-hydrogen) atoms. The zero-order chi connectivity index (χ0) is 19.4. The number of pyridine rings is 1. The van der Waals surface area contributed by atoms with Gasteiger partial charge in [0.15, 0.2) is 0 Å². The Morgan fingerprint density at radius 1 is 1.07 bits per heavy atom. The average molecular weight is 376 g/mol. The minimum absolute atomic E-state index is 0.109. The third-order valence-corrected chi connectivity index (χ3v) is 6.47. The minimum atomic E-state index is -0.287. The first-order valence-corrected chi connectivity index (χ1v) is 9.94. The van der Waals surface area contributed by atoms with E-state index < -0.39 is 0 Å². The zero-order valence-corrected chi connectivity index (χ0v) is 16.3. The molecule has 0 saturated carbocycles. The number of hydrogen-bond acceptors (Lipinski definition) is 4. The normalized spacial score (nSPS) is 21.6. The highest BCUT2D eigenvalue weighted by Gasteiger charge is 2.34. The fourth-order valence-corrected chi connectivity index (χ4v) is 5.02. The van der Waals surface area contributed by atoms with Crippen molar-refractivity contribution < 1.29 is 4.42 Å². The fourth-order valence-electron chi connectivity index (χ4n) is 5.02. The summed E-state index contributed by atoms with van der Waals surface area (Å²) in [6, 6.07) is 11.4. The summed E-state index contributed by atoms with van der Waals surface area (Å²) >= 11 is 0. The third-order valence-electron chi connectivity index (χ3n) is 6.47. The molecule has 2 aromatic heterocycles. The van der Waals surface area contributed by atoms with E-state index in [1.807, 2.05) is 24.5 Å². The van der Waals surface area contributed by atoms with Crippen LogP contribution in [0.15, 0.2) is 50.4 Å². The Morgan fingerprint density at radius 3 is 2.79 bits per heavy atom. The first kappa shape index (κ1) is 17.4. The predicted molar refractivity (Wildman–Crippen MR) is 109 cm³/mol. The predicted octanol–water partition coefficient (Wildman–Crippen LogP) is 3.19. The van der Waals surface area contributed by atoms with E-state index in [2.05, 4.69) is 23.1 Å². The molecule has 0 amide bonds. The average Bonchev–Trinajstić information content (AvgIpc) is 2.66. The van der Waals surface area contributed by atoms with Crippen LogP contribution in [0.5, 0.6) is 0 Å². The van der Waals surface area contributed by atoms with Crippen molar-refractivity contribution in [2.45, 2.75) is 39.3 Å². The van der Waals surface area contributed by atoms with Gasteiger partial charge in [0.25, 0.3) is 5.56 Å². The molecule has 3 aromatic rings. The Balaban J connectivity index is 1.49. The maximum absolute atomic E-state index is 12.2. The number of fused-ring (bicyclic) bond motifs is 5. The van der Waals surface area contributed by atoms with Crippen molar-refractivity contribution in [1.82, 2.24) is 9.47 Å². The standard InChI is InChI=1S/C23H24N2O3/c1-14-6-7-19-17(9-22(27)28-23(19)15(14)2)12-24-10-16-8-18(13-24)20-4-3-5-21(26)25(20)11-16/h3-7,9,16,18H,8,10-13H2,1-2H3/t16-,18-/m0/s1. The van der Waals surface area contributed by atoms with Crippen molar-refractivity contribution in [2.24, 2.45) is 5.92 Å². The molecule has 5 rings (SSSR count). The van der Waals surface area contributed by atoms with Gasteiger partial charge in [-0.15, -0.1) is 0 Å². The summed E-state index contributed by atoms with van der Waals surface area (Å²) in [4.78, 5) is 26.8. The number of aryl methyl sites for hydroxylation is 2. The Kier molecular flexibility index (Phi) is 4.02. The van der Waals surface area contributed by atoms with Gasteiger partial charge < -0.3 is 8.98 Å². The van der Waals surface area contributed by atoms with Crippen LogP contribution in [0.25, 0.3) is 11.0 Å². The quantitative estimate of drug-likeness (QED) is 0.645. The molecular weight excluding hydrogens is 352 g/mol. The monoisotopic (exact) mass is 376 g/mol. The molecule has 1 aromatic carbocycles. The van der Waals surface area contributed by atoms with Gasteiger partial charge in [-0.05, 0) is 48.9 Å². The summed E-state index contributed by atoms with van der Waals surface area (Å²) in [7, 11) is 0. The van der Waals surface area contributed by atoms with Gasteiger partial charge in [-0.3, -0.25) is 9.69 Å². The van der Waals surface area contributed by atoms with Crippen LogP contribution in [0.1, 0.15) is 34.7 Å². The summed E-state index contributed by atoms with van der Waals surface area (Å²) in [6.45, 7) is 7.42. The van der Waals surface area contributed by atoms with Crippen LogP contribution < -0.4 is 11.2 Å². The first-order chi connectivity index (χ1) is 13.5. The van der Waals surface area contributed by atoms with Gasteiger partial charge in [0.2, 0.25) is 0 Å². The third kappa shape index (κ3) is 2.81. The lowest BCUT2D eigenvalue weighted by Gasteiger charge is -2.42. The molecule has 5 nitrogen and oxygen atoms in total. The molecule has 1 saturated heterocycles. The SMILES string of the molecule is Cc1ccc2c(CN3C[C@@H]4C[C@@H](C3)c3cccc(=O)n3C4)cc(=O)oc2c1C.